The number of ether oxygens (including phenoxy) is 1. The van der Waals surface area contributed by atoms with Crippen LogP contribution in [0.3, 0.4) is 0 Å². The van der Waals surface area contributed by atoms with Gasteiger partial charge in [0.25, 0.3) is 0 Å². The maximum absolute atomic E-state index is 6.39. The molecule has 0 bridgehead atoms. The fraction of sp³-hybridized carbons (Fsp3) is 0.619. The summed E-state index contributed by atoms with van der Waals surface area (Å²) >= 11 is 0. The van der Waals surface area contributed by atoms with Crippen LogP contribution in [0.25, 0.3) is 0 Å². The maximum Gasteiger partial charge on any atom is 0.0610 e. The van der Waals surface area contributed by atoms with E-state index >= 15 is 0 Å². The molecule has 0 N–H and O–H groups in total. The second-order valence-electron chi connectivity index (χ2n) is 8.59. The summed E-state index contributed by atoms with van der Waals surface area (Å²) in [7, 11) is 2.23. The number of piperidine rings is 1. The molecule has 23 heavy (non-hydrogen) atoms. The fourth-order valence-corrected chi connectivity index (χ4v) is 3.70. The summed E-state index contributed by atoms with van der Waals surface area (Å²) in [6, 6.07) is 0. The Labute approximate surface area is 142 Å². The predicted molar refractivity (Wildman–Crippen MR) is 99.6 cm³/mol. The van der Waals surface area contributed by atoms with Gasteiger partial charge in [-0.2, -0.15) is 0 Å². The van der Waals surface area contributed by atoms with Crippen LogP contribution in [0.15, 0.2) is 48.6 Å². The van der Waals surface area contributed by atoms with Crippen LogP contribution in [0.4, 0.5) is 0 Å². The van der Waals surface area contributed by atoms with E-state index in [0.717, 1.165) is 25.0 Å². The van der Waals surface area contributed by atoms with Gasteiger partial charge in [-0.25, -0.2) is 0 Å². The molecular formula is C21H33NO. The molecule has 1 fully saturated rings. The molecule has 1 saturated heterocycles. The standard InChI is InChI=1S/C21H33NO/c1-8-17-10-9-12-21(6,13-11-17)16-23-18-14-19(2,3)22(7)20(4,5)15-18/h8-13,18H,1,14-16H2,2-7H3/t21-/m0/s1. The van der Waals surface area contributed by atoms with Crippen molar-refractivity contribution in [1.29, 1.82) is 0 Å². The van der Waals surface area contributed by atoms with Crippen molar-refractivity contribution in [3.8, 4) is 0 Å². The highest BCUT2D eigenvalue weighted by Gasteiger charge is 2.43. The van der Waals surface area contributed by atoms with Crippen LogP contribution in [-0.4, -0.2) is 35.7 Å². The van der Waals surface area contributed by atoms with Crippen molar-refractivity contribution in [2.24, 2.45) is 5.41 Å². The minimum atomic E-state index is -0.0567. The van der Waals surface area contributed by atoms with Gasteiger partial charge in [-0.1, -0.05) is 50.0 Å². The third-order valence-electron chi connectivity index (χ3n) is 5.56. The molecule has 1 aliphatic heterocycles. The van der Waals surface area contributed by atoms with Gasteiger partial charge in [-0.15, -0.1) is 0 Å². The van der Waals surface area contributed by atoms with E-state index in [1.807, 2.05) is 6.08 Å². The SMILES string of the molecule is C=CC1=CC=C[C@](C)(COC2CC(C)(C)N(C)C(C)(C)C2)C=C1. The number of hydrogen-bond donors (Lipinski definition) is 0. The fourth-order valence-electron chi connectivity index (χ4n) is 3.70. The Hall–Kier alpha value is -1.12. The van der Waals surface area contributed by atoms with E-state index < -0.39 is 0 Å². The maximum atomic E-state index is 6.39. The Bertz CT molecular complexity index is 520. The lowest BCUT2D eigenvalue weighted by Crippen LogP contribution is -2.60. The van der Waals surface area contributed by atoms with Crippen LogP contribution in [0.2, 0.25) is 0 Å². The van der Waals surface area contributed by atoms with E-state index in [1.165, 1.54) is 0 Å². The number of rotatable bonds is 4. The van der Waals surface area contributed by atoms with Crippen molar-refractivity contribution in [3.63, 3.8) is 0 Å². The summed E-state index contributed by atoms with van der Waals surface area (Å²) in [5.41, 5.74) is 1.42. The third kappa shape index (κ3) is 4.24. The van der Waals surface area contributed by atoms with E-state index in [1.54, 1.807) is 0 Å². The van der Waals surface area contributed by atoms with Crippen molar-refractivity contribution in [2.45, 2.75) is 64.6 Å². The molecule has 0 radical (unpaired) electrons. The Balaban J connectivity index is 2.02. The highest BCUT2D eigenvalue weighted by atomic mass is 16.5. The highest BCUT2D eigenvalue weighted by Crippen LogP contribution is 2.39. The molecule has 2 heteroatoms. The van der Waals surface area contributed by atoms with Gasteiger partial charge in [0.1, 0.15) is 0 Å². The predicted octanol–water partition coefficient (Wildman–Crippen LogP) is 4.90. The quantitative estimate of drug-likeness (QED) is 0.731. The lowest BCUT2D eigenvalue weighted by atomic mass is 9.78. The van der Waals surface area contributed by atoms with Crippen molar-refractivity contribution in [2.75, 3.05) is 13.7 Å². The van der Waals surface area contributed by atoms with E-state index in [2.05, 4.69) is 83.5 Å². The second-order valence-corrected chi connectivity index (χ2v) is 8.59. The molecule has 128 valence electrons. The minimum Gasteiger partial charge on any atom is -0.377 e. The largest absolute Gasteiger partial charge is 0.377 e. The minimum absolute atomic E-state index is 0.0567. The Morgan fingerprint density at radius 2 is 1.78 bits per heavy atom. The van der Waals surface area contributed by atoms with Crippen LogP contribution in [0.5, 0.6) is 0 Å². The Morgan fingerprint density at radius 3 is 2.35 bits per heavy atom. The van der Waals surface area contributed by atoms with Crippen molar-refractivity contribution >= 4 is 0 Å². The van der Waals surface area contributed by atoms with Crippen LogP contribution >= 0.6 is 0 Å². The van der Waals surface area contributed by atoms with E-state index in [4.69, 9.17) is 4.74 Å². The highest BCUT2D eigenvalue weighted by molar-refractivity contribution is 5.37. The summed E-state index contributed by atoms with van der Waals surface area (Å²) in [5.74, 6) is 0. The molecular weight excluding hydrogens is 282 g/mol. The van der Waals surface area contributed by atoms with Gasteiger partial charge in [0, 0.05) is 16.5 Å². The third-order valence-corrected chi connectivity index (χ3v) is 5.56. The lowest BCUT2D eigenvalue weighted by molar-refractivity contribution is -0.0989. The molecule has 0 aromatic heterocycles. The number of allylic oxidation sites excluding steroid dienone is 5. The monoisotopic (exact) mass is 315 g/mol. The second kappa shape index (κ2) is 6.41. The first-order valence-corrected chi connectivity index (χ1v) is 8.65. The summed E-state index contributed by atoms with van der Waals surface area (Å²) in [5, 5.41) is 0. The zero-order valence-electron chi connectivity index (χ0n) is 15.7. The van der Waals surface area contributed by atoms with Gasteiger partial charge in [0.2, 0.25) is 0 Å². The number of likely N-dealkylation sites (tertiary alicyclic amines) is 1. The average molecular weight is 316 g/mol. The van der Waals surface area contributed by atoms with Crippen LogP contribution in [-0.2, 0) is 4.74 Å². The van der Waals surface area contributed by atoms with E-state index in [-0.39, 0.29) is 16.5 Å². The summed E-state index contributed by atoms with van der Waals surface area (Å²) < 4.78 is 6.39. The molecule has 1 aliphatic carbocycles. The van der Waals surface area contributed by atoms with Gasteiger partial charge >= 0.3 is 0 Å². The first-order valence-electron chi connectivity index (χ1n) is 8.65. The molecule has 1 heterocycles. The van der Waals surface area contributed by atoms with Crippen molar-refractivity contribution in [3.05, 3.63) is 48.6 Å². The molecule has 2 rings (SSSR count). The van der Waals surface area contributed by atoms with Crippen LogP contribution < -0.4 is 0 Å². The summed E-state index contributed by atoms with van der Waals surface area (Å²) in [6.07, 6.45) is 15.2. The molecule has 1 atom stereocenters. The Morgan fingerprint density at radius 1 is 1.17 bits per heavy atom. The van der Waals surface area contributed by atoms with Gasteiger partial charge in [-0.05, 0) is 53.2 Å². The molecule has 0 unspecified atom stereocenters. The molecule has 2 nitrogen and oxygen atoms in total. The van der Waals surface area contributed by atoms with Crippen molar-refractivity contribution in [1.82, 2.24) is 4.90 Å². The van der Waals surface area contributed by atoms with Gasteiger partial charge < -0.3 is 4.74 Å². The van der Waals surface area contributed by atoms with E-state index in [9.17, 15) is 0 Å². The van der Waals surface area contributed by atoms with Crippen molar-refractivity contribution < 1.29 is 4.74 Å². The zero-order valence-corrected chi connectivity index (χ0v) is 15.7. The van der Waals surface area contributed by atoms with Crippen LogP contribution in [0.1, 0.15) is 47.5 Å². The first kappa shape index (κ1) is 18.2. The molecule has 0 spiro atoms. The van der Waals surface area contributed by atoms with E-state index in [0.29, 0.717) is 6.10 Å². The topological polar surface area (TPSA) is 12.5 Å². The van der Waals surface area contributed by atoms with Crippen LogP contribution in [0, 0.1) is 5.41 Å². The van der Waals surface area contributed by atoms with Gasteiger partial charge in [0.15, 0.2) is 0 Å². The smallest absolute Gasteiger partial charge is 0.0610 e. The molecule has 2 aliphatic rings. The zero-order chi connectivity index (χ0) is 17.3. The number of hydrogen-bond acceptors (Lipinski definition) is 2. The molecule has 0 amide bonds. The normalized spacial score (nSPS) is 30.8. The first-order chi connectivity index (χ1) is 10.6. The van der Waals surface area contributed by atoms with Gasteiger partial charge in [-0.3, -0.25) is 4.90 Å². The molecule has 0 saturated carbocycles. The summed E-state index contributed by atoms with van der Waals surface area (Å²) in [6.45, 7) is 16.1. The Kier molecular flexibility index (Phi) is 5.08. The average Bonchev–Trinajstić information content (AvgIpc) is 2.64. The molecule has 0 aromatic rings. The number of nitrogens with zero attached hydrogens (tertiary/aromatic N) is 1. The molecule has 0 aromatic carbocycles. The van der Waals surface area contributed by atoms with Gasteiger partial charge in [0.05, 0.1) is 12.7 Å². The lowest BCUT2D eigenvalue weighted by Gasteiger charge is -2.53. The summed E-state index contributed by atoms with van der Waals surface area (Å²) in [4.78, 5) is 2.49.